The molecule has 2 fully saturated rings. The number of hydrogen-bond donors (Lipinski definition) is 1. The molecule has 3 atom stereocenters. The molecule has 2 aliphatic heterocycles. The van der Waals surface area contributed by atoms with Gasteiger partial charge in [-0.2, -0.15) is 5.26 Å². The van der Waals surface area contributed by atoms with Crippen molar-refractivity contribution >= 4 is 0 Å². The first kappa shape index (κ1) is 12.7. The number of nitrogens with zero attached hydrogens (tertiary/aromatic N) is 2. The Hall–Kier alpha value is -1.37. The minimum absolute atomic E-state index is 0.445. The Bertz CT molecular complexity index is 460. The maximum Gasteiger partial charge on any atom is 0.0991 e. The van der Waals surface area contributed by atoms with Crippen LogP contribution in [0.5, 0.6) is 0 Å². The van der Waals surface area contributed by atoms with Crippen LogP contribution < -0.4 is 5.32 Å². The molecule has 1 N–H and O–H groups in total. The van der Waals surface area contributed by atoms with Gasteiger partial charge in [0.25, 0.3) is 0 Å². The Morgan fingerprint density at radius 1 is 1.32 bits per heavy atom. The molecule has 3 heteroatoms. The molecule has 0 amide bonds. The number of benzene rings is 1. The van der Waals surface area contributed by atoms with E-state index in [1.165, 1.54) is 31.5 Å². The molecule has 0 bridgehead atoms. The Labute approximate surface area is 115 Å². The molecule has 2 heterocycles. The third-order valence-electron chi connectivity index (χ3n) is 4.70. The van der Waals surface area contributed by atoms with E-state index >= 15 is 0 Å². The van der Waals surface area contributed by atoms with Crippen molar-refractivity contribution in [2.45, 2.75) is 31.8 Å². The number of fused-ring (bicyclic) bond motifs is 1. The van der Waals surface area contributed by atoms with E-state index in [0.29, 0.717) is 12.1 Å². The molecule has 1 aromatic carbocycles. The Morgan fingerprint density at radius 2 is 2.11 bits per heavy atom. The number of piperidine rings is 1. The topological polar surface area (TPSA) is 39.1 Å². The van der Waals surface area contributed by atoms with Crippen molar-refractivity contribution in [3.8, 4) is 6.07 Å². The lowest BCUT2D eigenvalue weighted by atomic mass is 9.94. The third kappa shape index (κ3) is 2.51. The van der Waals surface area contributed by atoms with E-state index in [2.05, 4.69) is 35.3 Å². The molecule has 0 spiro atoms. The summed E-state index contributed by atoms with van der Waals surface area (Å²) in [5, 5.41) is 12.5. The van der Waals surface area contributed by atoms with E-state index in [1.54, 1.807) is 0 Å². The first-order valence-electron chi connectivity index (χ1n) is 7.25. The van der Waals surface area contributed by atoms with Crippen LogP contribution in [0.3, 0.4) is 0 Å². The summed E-state index contributed by atoms with van der Waals surface area (Å²) in [5.41, 5.74) is 2.06. The molecular weight excluding hydrogens is 234 g/mol. The maximum absolute atomic E-state index is 8.85. The van der Waals surface area contributed by atoms with Crippen LogP contribution in [-0.2, 0) is 0 Å². The van der Waals surface area contributed by atoms with Crippen molar-refractivity contribution in [1.29, 1.82) is 5.26 Å². The van der Waals surface area contributed by atoms with Crippen LogP contribution in [0, 0.1) is 17.2 Å². The van der Waals surface area contributed by atoms with Gasteiger partial charge in [-0.25, -0.2) is 0 Å². The van der Waals surface area contributed by atoms with Gasteiger partial charge in [0.2, 0.25) is 0 Å². The van der Waals surface area contributed by atoms with Gasteiger partial charge in [0.1, 0.15) is 0 Å². The van der Waals surface area contributed by atoms with E-state index in [0.717, 1.165) is 18.0 Å². The number of likely N-dealkylation sites (tertiary alicyclic amines) is 1. The van der Waals surface area contributed by atoms with Gasteiger partial charge in [0.05, 0.1) is 11.6 Å². The van der Waals surface area contributed by atoms with Crippen molar-refractivity contribution in [1.82, 2.24) is 10.2 Å². The van der Waals surface area contributed by atoms with E-state index in [4.69, 9.17) is 5.26 Å². The number of hydrogen-bond acceptors (Lipinski definition) is 3. The van der Waals surface area contributed by atoms with Crippen LogP contribution in [0.25, 0.3) is 0 Å². The van der Waals surface area contributed by atoms with Crippen molar-refractivity contribution < 1.29 is 0 Å². The molecule has 19 heavy (non-hydrogen) atoms. The summed E-state index contributed by atoms with van der Waals surface area (Å²) >= 11 is 0. The standard InChI is InChI=1S/C16H21N3/c1-12(14-6-4-13(9-17)5-7-14)19-10-15-3-2-8-18-16(15)11-19/h4-7,12,15-16,18H,2-3,8,10-11H2,1H3/t12?,15-,16+/m0/s1. The molecule has 2 saturated heterocycles. The van der Waals surface area contributed by atoms with Gasteiger partial charge in [-0.3, -0.25) is 4.90 Å². The van der Waals surface area contributed by atoms with Crippen molar-refractivity contribution in [2.24, 2.45) is 5.92 Å². The second-order valence-electron chi connectivity index (χ2n) is 5.83. The zero-order valence-electron chi connectivity index (χ0n) is 11.5. The molecule has 3 nitrogen and oxygen atoms in total. The minimum atomic E-state index is 0.445. The summed E-state index contributed by atoms with van der Waals surface area (Å²) < 4.78 is 0. The van der Waals surface area contributed by atoms with Crippen molar-refractivity contribution in [3.63, 3.8) is 0 Å². The molecule has 0 aromatic heterocycles. The minimum Gasteiger partial charge on any atom is -0.312 e. The highest BCUT2D eigenvalue weighted by Gasteiger charge is 2.36. The summed E-state index contributed by atoms with van der Waals surface area (Å²) in [5.74, 6) is 0.828. The second-order valence-corrected chi connectivity index (χ2v) is 5.83. The fourth-order valence-electron chi connectivity index (χ4n) is 3.44. The van der Waals surface area contributed by atoms with Gasteiger partial charge in [0.15, 0.2) is 0 Å². The zero-order chi connectivity index (χ0) is 13.2. The first-order chi connectivity index (χ1) is 9.28. The van der Waals surface area contributed by atoms with Crippen LogP contribution >= 0.6 is 0 Å². The highest BCUT2D eigenvalue weighted by Crippen LogP contribution is 2.31. The van der Waals surface area contributed by atoms with E-state index < -0.39 is 0 Å². The van der Waals surface area contributed by atoms with E-state index in [1.807, 2.05) is 12.1 Å². The van der Waals surface area contributed by atoms with Gasteiger partial charge in [-0.05, 0) is 49.9 Å². The average molecular weight is 255 g/mol. The van der Waals surface area contributed by atoms with Gasteiger partial charge in [-0.15, -0.1) is 0 Å². The number of rotatable bonds is 2. The Kier molecular flexibility index (Phi) is 3.54. The second kappa shape index (κ2) is 5.32. The number of nitriles is 1. The lowest BCUT2D eigenvalue weighted by molar-refractivity contribution is 0.251. The van der Waals surface area contributed by atoms with Gasteiger partial charge < -0.3 is 5.32 Å². The van der Waals surface area contributed by atoms with Crippen LogP contribution in [0.1, 0.15) is 36.9 Å². The molecule has 100 valence electrons. The van der Waals surface area contributed by atoms with Crippen LogP contribution in [0.15, 0.2) is 24.3 Å². The molecule has 0 aliphatic carbocycles. The maximum atomic E-state index is 8.85. The van der Waals surface area contributed by atoms with Gasteiger partial charge in [0, 0.05) is 25.2 Å². The monoisotopic (exact) mass is 255 g/mol. The van der Waals surface area contributed by atoms with Gasteiger partial charge in [-0.1, -0.05) is 12.1 Å². The lowest BCUT2D eigenvalue weighted by Crippen LogP contribution is -2.40. The van der Waals surface area contributed by atoms with Crippen LogP contribution in [0.4, 0.5) is 0 Å². The molecule has 2 aliphatic rings. The molecule has 3 rings (SSSR count). The molecule has 1 unspecified atom stereocenters. The zero-order valence-corrected chi connectivity index (χ0v) is 11.5. The predicted molar refractivity (Wildman–Crippen MR) is 75.7 cm³/mol. The van der Waals surface area contributed by atoms with Crippen LogP contribution in [-0.4, -0.2) is 30.6 Å². The molecular formula is C16H21N3. The quantitative estimate of drug-likeness (QED) is 0.881. The highest BCUT2D eigenvalue weighted by atomic mass is 15.2. The van der Waals surface area contributed by atoms with E-state index in [-0.39, 0.29) is 0 Å². The lowest BCUT2D eigenvalue weighted by Gasteiger charge is -2.25. The molecule has 0 saturated carbocycles. The van der Waals surface area contributed by atoms with Crippen molar-refractivity contribution in [3.05, 3.63) is 35.4 Å². The summed E-state index contributed by atoms with van der Waals surface area (Å²) in [6.45, 7) is 5.82. The fraction of sp³-hybridized carbons (Fsp3) is 0.562. The summed E-state index contributed by atoms with van der Waals surface area (Å²) in [7, 11) is 0. The molecule has 0 radical (unpaired) electrons. The SMILES string of the molecule is CC(c1ccc(C#N)cc1)N1C[C@@H]2CCCN[C@@H]2C1. The normalized spacial score (nSPS) is 28.6. The first-order valence-corrected chi connectivity index (χ1v) is 7.25. The van der Waals surface area contributed by atoms with Gasteiger partial charge >= 0.3 is 0 Å². The fourth-order valence-corrected chi connectivity index (χ4v) is 3.44. The Balaban J connectivity index is 1.70. The predicted octanol–water partition coefficient (Wildman–Crippen LogP) is 2.30. The Morgan fingerprint density at radius 3 is 2.79 bits per heavy atom. The van der Waals surface area contributed by atoms with E-state index in [9.17, 15) is 0 Å². The summed E-state index contributed by atoms with van der Waals surface area (Å²) in [6, 6.07) is 11.4. The highest BCUT2D eigenvalue weighted by molar-refractivity contribution is 5.32. The average Bonchev–Trinajstić information content (AvgIpc) is 2.90. The third-order valence-corrected chi connectivity index (χ3v) is 4.70. The summed E-state index contributed by atoms with van der Waals surface area (Å²) in [4.78, 5) is 2.58. The summed E-state index contributed by atoms with van der Waals surface area (Å²) in [6.07, 6.45) is 2.69. The van der Waals surface area contributed by atoms with Crippen molar-refractivity contribution in [2.75, 3.05) is 19.6 Å². The largest absolute Gasteiger partial charge is 0.312 e. The molecule has 1 aromatic rings. The number of nitrogens with one attached hydrogen (secondary N) is 1. The smallest absolute Gasteiger partial charge is 0.0991 e. The van der Waals surface area contributed by atoms with Crippen LogP contribution in [0.2, 0.25) is 0 Å².